The molecular weight excluding hydrogens is 333 g/mol. The molecule has 0 bridgehead atoms. The summed E-state index contributed by atoms with van der Waals surface area (Å²) in [6.07, 6.45) is 0.128. The SMILES string of the molecule is O=C1CC(c2ccccc2Cl)N=C(NC(=O)c2cccc(F)c2)N1. The monoisotopic (exact) mass is 345 g/mol. The Morgan fingerprint density at radius 3 is 2.79 bits per heavy atom. The molecule has 1 aliphatic heterocycles. The van der Waals surface area contributed by atoms with Crippen LogP contribution in [0.2, 0.25) is 5.02 Å². The number of hydrogen-bond donors (Lipinski definition) is 2. The molecule has 2 amide bonds. The highest BCUT2D eigenvalue weighted by atomic mass is 35.5. The van der Waals surface area contributed by atoms with Crippen LogP contribution in [0.1, 0.15) is 28.4 Å². The van der Waals surface area contributed by atoms with E-state index >= 15 is 0 Å². The lowest BCUT2D eigenvalue weighted by molar-refractivity contribution is -0.120. The molecule has 2 N–H and O–H groups in total. The number of hydrogen-bond acceptors (Lipinski definition) is 3. The number of amides is 2. The highest BCUT2D eigenvalue weighted by Gasteiger charge is 2.25. The summed E-state index contributed by atoms with van der Waals surface area (Å²) in [6.45, 7) is 0. The fourth-order valence-corrected chi connectivity index (χ4v) is 2.65. The first kappa shape index (κ1) is 16.1. The predicted molar refractivity (Wildman–Crippen MR) is 88.3 cm³/mol. The molecule has 7 heteroatoms. The summed E-state index contributed by atoms with van der Waals surface area (Å²) >= 11 is 6.14. The molecule has 3 rings (SSSR count). The van der Waals surface area contributed by atoms with E-state index in [-0.39, 0.29) is 23.9 Å². The van der Waals surface area contributed by atoms with Crippen LogP contribution in [0.25, 0.3) is 0 Å². The Kier molecular flexibility index (Phi) is 4.57. The van der Waals surface area contributed by atoms with Crippen LogP contribution in [-0.4, -0.2) is 17.8 Å². The smallest absolute Gasteiger partial charge is 0.258 e. The quantitative estimate of drug-likeness (QED) is 0.878. The lowest BCUT2D eigenvalue weighted by atomic mass is 10.0. The standard InChI is InChI=1S/C17H13ClFN3O2/c18-13-7-2-1-6-12(13)14-9-15(23)21-17(20-14)22-16(24)10-4-3-5-11(19)8-10/h1-8,14H,9H2,(H2,20,21,22,23,24). The number of aliphatic imine (C=N–C) groups is 1. The van der Waals surface area contributed by atoms with E-state index in [1.165, 1.54) is 18.2 Å². The van der Waals surface area contributed by atoms with Gasteiger partial charge in [0.25, 0.3) is 5.91 Å². The minimum absolute atomic E-state index is 0.0189. The lowest BCUT2D eigenvalue weighted by Gasteiger charge is -2.22. The Hall–Kier alpha value is -2.73. The van der Waals surface area contributed by atoms with Crippen molar-refractivity contribution in [3.05, 3.63) is 70.5 Å². The Morgan fingerprint density at radius 1 is 1.25 bits per heavy atom. The lowest BCUT2D eigenvalue weighted by Crippen LogP contribution is -2.47. The van der Waals surface area contributed by atoms with Crippen molar-refractivity contribution < 1.29 is 14.0 Å². The normalized spacial score (nSPS) is 17.0. The van der Waals surface area contributed by atoms with E-state index < -0.39 is 17.8 Å². The molecule has 1 heterocycles. The third-order valence-corrected chi connectivity index (χ3v) is 3.85. The average molecular weight is 346 g/mol. The second kappa shape index (κ2) is 6.80. The van der Waals surface area contributed by atoms with E-state index in [0.717, 1.165) is 6.07 Å². The first-order chi connectivity index (χ1) is 11.5. The van der Waals surface area contributed by atoms with Crippen LogP contribution in [-0.2, 0) is 4.79 Å². The summed E-state index contributed by atoms with van der Waals surface area (Å²) < 4.78 is 13.2. The predicted octanol–water partition coefficient (Wildman–Crippen LogP) is 2.83. The molecule has 2 aromatic carbocycles. The summed E-state index contributed by atoms with van der Waals surface area (Å²) in [7, 11) is 0. The molecule has 0 spiro atoms. The van der Waals surface area contributed by atoms with Crippen molar-refractivity contribution in [3.8, 4) is 0 Å². The molecule has 1 atom stereocenters. The molecule has 1 aliphatic rings. The highest BCUT2D eigenvalue weighted by molar-refractivity contribution is 6.31. The highest BCUT2D eigenvalue weighted by Crippen LogP contribution is 2.29. The Labute approximate surface area is 142 Å². The van der Waals surface area contributed by atoms with Crippen molar-refractivity contribution in [1.82, 2.24) is 10.6 Å². The zero-order chi connectivity index (χ0) is 17.1. The van der Waals surface area contributed by atoms with Gasteiger partial charge in [-0.1, -0.05) is 35.9 Å². The van der Waals surface area contributed by atoms with E-state index in [1.807, 2.05) is 0 Å². The molecule has 2 aromatic rings. The largest absolute Gasteiger partial charge is 0.296 e. The first-order valence-electron chi connectivity index (χ1n) is 7.22. The number of nitrogens with zero attached hydrogens (tertiary/aromatic N) is 1. The second-order valence-electron chi connectivity index (χ2n) is 5.23. The van der Waals surface area contributed by atoms with Crippen LogP contribution in [0.4, 0.5) is 4.39 Å². The van der Waals surface area contributed by atoms with Crippen molar-refractivity contribution in [1.29, 1.82) is 0 Å². The maximum absolute atomic E-state index is 13.2. The topological polar surface area (TPSA) is 70.6 Å². The van der Waals surface area contributed by atoms with Crippen molar-refractivity contribution in [3.63, 3.8) is 0 Å². The molecule has 0 aromatic heterocycles. The fourth-order valence-electron chi connectivity index (χ4n) is 2.39. The van der Waals surface area contributed by atoms with Gasteiger partial charge in [0.15, 0.2) is 0 Å². The van der Waals surface area contributed by atoms with Gasteiger partial charge in [-0.3, -0.25) is 20.2 Å². The van der Waals surface area contributed by atoms with Crippen LogP contribution in [0.5, 0.6) is 0 Å². The molecule has 0 fully saturated rings. The Bertz CT molecular complexity index is 838. The number of carbonyl (C=O) groups is 2. The summed E-state index contributed by atoms with van der Waals surface area (Å²) in [6, 6.07) is 11.8. The third kappa shape index (κ3) is 3.60. The van der Waals surface area contributed by atoms with Gasteiger partial charge < -0.3 is 0 Å². The molecule has 1 unspecified atom stereocenters. The molecule has 0 aliphatic carbocycles. The number of rotatable bonds is 2. The minimum Gasteiger partial charge on any atom is -0.296 e. The van der Waals surface area contributed by atoms with E-state index in [2.05, 4.69) is 15.6 Å². The van der Waals surface area contributed by atoms with Gasteiger partial charge >= 0.3 is 0 Å². The van der Waals surface area contributed by atoms with E-state index in [1.54, 1.807) is 24.3 Å². The summed E-state index contributed by atoms with van der Waals surface area (Å²) in [5.74, 6) is -1.35. The van der Waals surface area contributed by atoms with Gasteiger partial charge in [-0.05, 0) is 29.8 Å². The molecule has 24 heavy (non-hydrogen) atoms. The zero-order valence-corrected chi connectivity index (χ0v) is 13.2. The second-order valence-corrected chi connectivity index (χ2v) is 5.64. The number of guanidine groups is 1. The van der Waals surface area contributed by atoms with Crippen LogP contribution < -0.4 is 10.6 Å². The molecule has 0 saturated heterocycles. The van der Waals surface area contributed by atoms with Crippen molar-refractivity contribution in [2.75, 3.05) is 0 Å². The first-order valence-corrected chi connectivity index (χ1v) is 7.60. The zero-order valence-electron chi connectivity index (χ0n) is 12.4. The number of nitrogens with one attached hydrogen (secondary N) is 2. The van der Waals surface area contributed by atoms with Gasteiger partial charge in [0, 0.05) is 10.6 Å². The maximum atomic E-state index is 13.2. The number of halogens is 2. The number of benzene rings is 2. The van der Waals surface area contributed by atoms with Gasteiger partial charge in [0.05, 0.1) is 12.5 Å². The summed E-state index contributed by atoms with van der Waals surface area (Å²) in [5.41, 5.74) is 0.832. The molecule has 122 valence electrons. The van der Waals surface area contributed by atoms with Crippen LogP contribution >= 0.6 is 11.6 Å². The van der Waals surface area contributed by atoms with Crippen molar-refractivity contribution in [2.45, 2.75) is 12.5 Å². The minimum atomic E-state index is -0.562. The molecule has 5 nitrogen and oxygen atoms in total. The molecular formula is C17H13ClFN3O2. The van der Waals surface area contributed by atoms with Gasteiger partial charge in [0.1, 0.15) is 5.82 Å². The van der Waals surface area contributed by atoms with Crippen LogP contribution in [0.3, 0.4) is 0 Å². The van der Waals surface area contributed by atoms with E-state index in [9.17, 15) is 14.0 Å². The summed E-state index contributed by atoms with van der Waals surface area (Å²) in [5, 5.41) is 5.47. The van der Waals surface area contributed by atoms with Gasteiger partial charge in [-0.2, -0.15) is 0 Å². The van der Waals surface area contributed by atoms with Crippen molar-refractivity contribution >= 4 is 29.4 Å². The van der Waals surface area contributed by atoms with Crippen LogP contribution in [0, 0.1) is 5.82 Å². The van der Waals surface area contributed by atoms with Crippen molar-refractivity contribution in [2.24, 2.45) is 4.99 Å². The van der Waals surface area contributed by atoms with E-state index in [4.69, 9.17) is 11.6 Å². The van der Waals surface area contributed by atoms with Gasteiger partial charge in [0.2, 0.25) is 11.9 Å². The van der Waals surface area contributed by atoms with E-state index in [0.29, 0.717) is 10.6 Å². The fraction of sp³-hybridized carbons (Fsp3) is 0.118. The van der Waals surface area contributed by atoms with Gasteiger partial charge in [-0.15, -0.1) is 0 Å². The Balaban J connectivity index is 1.83. The average Bonchev–Trinajstić information content (AvgIpc) is 2.54. The van der Waals surface area contributed by atoms with Crippen LogP contribution in [0.15, 0.2) is 53.5 Å². The third-order valence-electron chi connectivity index (χ3n) is 3.50. The molecule has 0 radical (unpaired) electrons. The number of carbonyl (C=O) groups excluding carboxylic acids is 2. The Morgan fingerprint density at radius 2 is 2.04 bits per heavy atom. The van der Waals surface area contributed by atoms with Gasteiger partial charge in [-0.25, -0.2) is 9.38 Å². The molecule has 0 saturated carbocycles. The summed E-state index contributed by atoms with van der Waals surface area (Å²) in [4.78, 5) is 28.4. The maximum Gasteiger partial charge on any atom is 0.258 e.